The van der Waals surface area contributed by atoms with E-state index >= 15 is 0 Å². The van der Waals surface area contributed by atoms with Gasteiger partial charge in [-0.05, 0) is 24.3 Å². The minimum Gasteiger partial charge on any atom is -0.441 e. The van der Waals surface area contributed by atoms with Gasteiger partial charge in [-0.3, -0.25) is 4.79 Å². The summed E-state index contributed by atoms with van der Waals surface area (Å²) < 4.78 is 42.0. The van der Waals surface area contributed by atoms with E-state index in [0.29, 0.717) is 22.9 Å². The van der Waals surface area contributed by atoms with Crippen LogP contribution in [0.15, 0.2) is 58.2 Å². The number of hydrogen-bond acceptors (Lipinski definition) is 6. The van der Waals surface area contributed by atoms with Gasteiger partial charge in [-0.1, -0.05) is 12.1 Å². The van der Waals surface area contributed by atoms with Crippen LogP contribution in [-0.2, 0) is 21.1 Å². The predicted molar refractivity (Wildman–Crippen MR) is 96.2 cm³/mol. The molecule has 0 aliphatic heterocycles. The largest absolute Gasteiger partial charge is 0.441 e. The summed E-state index contributed by atoms with van der Waals surface area (Å²) >= 11 is 0. The summed E-state index contributed by atoms with van der Waals surface area (Å²) in [4.78, 5) is 19.9. The van der Waals surface area contributed by atoms with Crippen molar-refractivity contribution in [2.24, 2.45) is 0 Å². The van der Waals surface area contributed by atoms with Gasteiger partial charge in [-0.2, -0.15) is 0 Å². The number of nitrogens with one attached hydrogen (secondary N) is 1. The van der Waals surface area contributed by atoms with Crippen LogP contribution in [0.3, 0.4) is 0 Å². The molecule has 0 unspecified atom stereocenters. The first-order valence-electron chi connectivity index (χ1n) is 7.98. The summed E-state index contributed by atoms with van der Waals surface area (Å²) in [5.74, 6) is -0.115. The minimum atomic E-state index is -3.39. The number of pyridine rings is 1. The summed E-state index contributed by atoms with van der Waals surface area (Å²) in [6.07, 6.45) is 4.06. The fraction of sp³-hybridized carbons (Fsp3) is 0.167. The molecular weight excluding hydrogens is 373 g/mol. The molecule has 9 heteroatoms. The third kappa shape index (κ3) is 4.76. The lowest BCUT2D eigenvalue weighted by Crippen LogP contribution is -2.13. The van der Waals surface area contributed by atoms with E-state index in [0.717, 1.165) is 6.26 Å². The van der Waals surface area contributed by atoms with E-state index in [1.165, 1.54) is 30.6 Å². The average Bonchev–Trinajstić information content (AvgIpc) is 3.09. The number of benzene rings is 1. The van der Waals surface area contributed by atoms with Crippen LogP contribution in [-0.4, -0.2) is 30.5 Å². The highest BCUT2D eigenvalue weighted by atomic mass is 32.2. The summed E-state index contributed by atoms with van der Waals surface area (Å²) in [6, 6.07) is 8.96. The Kier molecular flexibility index (Phi) is 5.31. The Morgan fingerprint density at radius 2 is 1.93 bits per heavy atom. The Bertz CT molecular complexity index is 1060. The summed E-state index contributed by atoms with van der Waals surface area (Å²) in [7, 11) is -3.39. The monoisotopic (exact) mass is 389 g/mol. The lowest BCUT2D eigenvalue weighted by Gasteiger charge is -2.04. The van der Waals surface area contributed by atoms with E-state index in [4.69, 9.17) is 4.42 Å². The molecule has 27 heavy (non-hydrogen) atoms. The highest BCUT2D eigenvalue weighted by Crippen LogP contribution is 2.23. The summed E-state index contributed by atoms with van der Waals surface area (Å²) in [5.41, 5.74) is 0.685. The molecule has 0 saturated heterocycles. The number of sulfone groups is 1. The average molecular weight is 389 g/mol. The van der Waals surface area contributed by atoms with Gasteiger partial charge in [0.05, 0.1) is 23.6 Å². The SMILES string of the molecule is CS(=O)(=O)c1ccc(NC(=O)CCc2ncc(-c3ccccc3F)o2)cn1. The van der Waals surface area contributed by atoms with Crippen molar-refractivity contribution >= 4 is 21.4 Å². The fourth-order valence-corrected chi connectivity index (χ4v) is 2.89. The number of halogens is 1. The summed E-state index contributed by atoms with van der Waals surface area (Å²) in [5, 5.41) is 2.54. The number of anilines is 1. The standard InChI is InChI=1S/C18H16FN3O4S/c1-27(24,25)18-9-6-12(10-21-18)22-16(23)7-8-17-20-11-15(26-17)13-4-2-3-5-14(13)19/h2-6,9-11H,7-8H2,1H3,(H,22,23). The quantitative estimate of drug-likeness (QED) is 0.695. The van der Waals surface area contributed by atoms with Crippen molar-refractivity contribution in [3.63, 3.8) is 0 Å². The van der Waals surface area contributed by atoms with Crippen LogP contribution < -0.4 is 5.32 Å². The first kappa shape index (κ1) is 18.7. The van der Waals surface area contributed by atoms with Crippen LogP contribution in [0.25, 0.3) is 11.3 Å². The zero-order chi connectivity index (χ0) is 19.4. The number of nitrogens with zero attached hydrogens (tertiary/aromatic N) is 2. The number of oxazole rings is 1. The van der Waals surface area contributed by atoms with Crippen molar-refractivity contribution in [1.29, 1.82) is 0 Å². The minimum absolute atomic E-state index is 0.0686. The van der Waals surface area contributed by atoms with Crippen LogP contribution in [0.2, 0.25) is 0 Å². The van der Waals surface area contributed by atoms with Crippen molar-refractivity contribution in [1.82, 2.24) is 9.97 Å². The van der Waals surface area contributed by atoms with Crippen molar-refractivity contribution < 1.29 is 22.0 Å². The van der Waals surface area contributed by atoms with Crippen molar-refractivity contribution in [2.45, 2.75) is 17.9 Å². The van der Waals surface area contributed by atoms with Gasteiger partial charge in [-0.15, -0.1) is 0 Å². The molecule has 0 atom stereocenters. The third-order valence-corrected chi connectivity index (χ3v) is 4.66. The van der Waals surface area contributed by atoms with E-state index < -0.39 is 15.7 Å². The zero-order valence-corrected chi connectivity index (χ0v) is 15.2. The van der Waals surface area contributed by atoms with Gasteiger partial charge in [0.1, 0.15) is 5.82 Å². The first-order valence-corrected chi connectivity index (χ1v) is 9.87. The number of aromatic nitrogens is 2. The fourth-order valence-electron chi connectivity index (χ4n) is 2.33. The van der Waals surface area contributed by atoms with Crippen molar-refractivity contribution in [2.75, 3.05) is 11.6 Å². The van der Waals surface area contributed by atoms with E-state index in [2.05, 4.69) is 15.3 Å². The molecule has 0 bridgehead atoms. The van der Waals surface area contributed by atoms with Gasteiger partial charge in [0.2, 0.25) is 5.91 Å². The van der Waals surface area contributed by atoms with Gasteiger partial charge in [0.25, 0.3) is 0 Å². The predicted octanol–water partition coefficient (Wildman–Crippen LogP) is 2.85. The number of hydrogen-bond donors (Lipinski definition) is 1. The topological polar surface area (TPSA) is 102 Å². The normalized spacial score (nSPS) is 11.3. The molecule has 0 aliphatic rings. The van der Waals surface area contributed by atoms with Crippen LogP contribution in [0.5, 0.6) is 0 Å². The van der Waals surface area contributed by atoms with Gasteiger partial charge in [0.15, 0.2) is 26.5 Å². The van der Waals surface area contributed by atoms with Gasteiger partial charge >= 0.3 is 0 Å². The molecule has 0 radical (unpaired) electrons. The zero-order valence-electron chi connectivity index (χ0n) is 14.3. The number of carbonyl (C=O) groups is 1. The van der Waals surface area contributed by atoms with Crippen molar-refractivity contribution in [3.8, 4) is 11.3 Å². The number of amides is 1. The number of carbonyl (C=O) groups excluding carboxylic acids is 1. The number of rotatable bonds is 6. The number of aryl methyl sites for hydroxylation is 1. The Hall–Kier alpha value is -3.07. The van der Waals surface area contributed by atoms with Crippen LogP contribution in [0.4, 0.5) is 10.1 Å². The van der Waals surface area contributed by atoms with E-state index in [-0.39, 0.29) is 23.8 Å². The molecule has 1 N–H and O–H groups in total. The smallest absolute Gasteiger partial charge is 0.224 e. The maximum absolute atomic E-state index is 13.7. The van der Waals surface area contributed by atoms with E-state index in [1.54, 1.807) is 18.2 Å². The molecule has 0 saturated carbocycles. The molecule has 7 nitrogen and oxygen atoms in total. The highest BCUT2D eigenvalue weighted by Gasteiger charge is 2.13. The highest BCUT2D eigenvalue weighted by molar-refractivity contribution is 7.90. The molecule has 140 valence electrons. The lowest BCUT2D eigenvalue weighted by molar-refractivity contribution is -0.116. The molecule has 3 aromatic rings. The third-order valence-electron chi connectivity index (χ3n) is 3.66. The first-order chi connectivity index (χ1) is 12.8. The second kappa shape index (κ2) is 7.67. The molecule has 1 amide bonds. The van der Waals surface area contributed by atoms with Gasteiger partial charge in [-0.25, -0.2) is 22.8 Å². The van der Waals surface area contributed by atoms with Crippen LogP contribution in [0, 0.1) is 5.82 Å². The Morgan fingerprint density at radius 3 is 2.59 bits per heavy atom. The van der Waals surface area contributed by atoms with Crippen LogP contribution >= 0.6 is 0 Å². The van der Waals surface area contributed by atoms with Crippen LogP contribution in [0.1, 0.15) is 12.3 Å². The molecular formula is C18H16FN3O4S. The molecule has 0 spiro atoms. The maximum Gasteiger partial charge on any atom is 0.224 e. The molecule has 1 aromatic carbocycles. The van der Waals surface area contributed by atoms with Gasteiger partial charge < -0.3 is 9.73 Å². The Morgan fingerprint density at radius 1 is 1.15 bits per heavy atom. The molecule has 2 heterocycles. The molecule has 0 fully saturated rings. The summed E-state index contributed by atoms with van der Waals surface area (Å²) in [6.45, 7) is 0. The van der Waals surface area contributed by atoms with E-state index in [1.807, 2.05) is 0 Å². The molecule has 0 aliphatic carbocycles. The second-order valence-electron chi connectivity index (χ2n) is 5.80. The Balaban J connectivity index is 1.58. The Labute approximate surface area is 155 Å². The molecule has 2 aromatic heterocycles. The van der Waals surface area contributed by atoms with Crippen molar-refractivity contribution in [3.05, 3.63) is 60.5 Å². The van der Waals surface area contributed by atoms with E-state index in [9.17, 15) is 17.6 Å². The second-order valence-corrected chi connectivity index (χ2v) is 7.77. The van der Waals surface area contributed by atoms with Gasteiger partial charge in [0, 0.05) is 19.1 Å². The maximum atomic E-state index is 13.7. The molecule has 3 rings (SSSR count). The lowest BCUT2D eigenvalue weighted by atomic mass is 10.2.